The number of nitrogens with one attached hydrogen (secondary N) is 1. The van der Waals surface area contributed by atoms with Crippen LogP contribution in [0, 0.1) is 0 Å². The zero-order valence-corrected chi connectivity index (χ0v) is 23.5. The molecule has 0 aliphatic carbocycles. The van der Waals surface area contributed by atoms with Crippen molar-refractivity contribution in [2.75, 3.05) is 20.8 Å². The van der Waals surface area contributed by atoms with Crippen LogP contribution in [0.15, 0.2) is 88.7 Å². The molecule has 0 radical (unpaired) electrons. The molecule has 0 bridgehead atoms. The Morgan fingerprint density at radius 1 is 0.929 bits per heavy atom. The molecule has 3 N–H and O–H groups in total. The molecule has 3 aromatic carbocycles. The number of hydrogen-bond donors (Lipinski definition) is 2. The van der Waals surface area contributed by atoms with Crippen LogP contribution in [0.2, 0.25) is 0 Å². The molecule has 0 aliphatic rings. The topological polar surface area (TPSA) is 117 Å². The number of nitrogens with zero attached hydrogens (tertiary/aromatic N) is 2. The van der Waals surface area contributed by atoms with E-state index in [-0.39, 0.29) is 30.2 Å². The van der Waals surface area contributed by atoms with Crippen molar-refractivity contribution in [1.29, 1.82) is 0 Å². The molecular formula is C30H31F3N4O5. The van der Waals surface area contributed by atoms with E-state index < -0.39 is 17.6 Å². The number of amides is 1. The molecule has 0 heterocycles. The lowest BCUT2D eigenvalue weighted by molar-refractivity contribution is -0.138. The molecule has 0 unspecified atom stereocenters. The van der Waals surface area contributed by atoms with Crippen LogP contribution < -0.4 is 16.0 Å². The molecule has 3 aromatic rings. The molecule has 12 heteroatoms. The van der Waals surface area contributed by atoms with Crippen molar-refractivity contribution in [2.24, 2.45) is 16.2 Å². The fourth-order valence-electron chi connectivity index (χ4n) is 4.03. The summed E-state index contributed by atoms with van der Waals surface area (Å²) in [7, 11) is 2.79. The van der Waals surface area contributed by atoms with E-state index in [0.29, 0.717) is 33.7 Å². The van der Waals surface area contributed by atoms with Crippen molar-refractivity contribution >= 4 is 23.1 Å². The summed E-state index contributed by atoms with van der Waals surface area (Å²) in [6.07, 6.45) is -4.49. The van der Waals surface area contributed by atoms with Gasteiger partial charge in [-0.3, -0.25) is 4.79 Å². The fraction of sp³-hybridized carbons (Fsp3) is 0.233. The van der Waals surface area contributed by atoms with Crippen molar-refractivity contribution in [1.82, 2.24) is 5.32 Å². The van der Waals surface area contributed by atoms with Crippen molar-refractivity contribution in [3.05, 3.63) is 106 Å². The predicted octanol–water partition coefficient (Wildman–Crippen LogP) is 5.44. The van der Waals surface area contributed by atoms with E-state index in [1.807, 2.05) is 0 Å². The van der Waals surface area contributed by atoms with E-state index >= 15 is 0 Å². The third kappa shape index (κ3) is 7.67. The number of oxime groups is 2. The summed E-state index contributed by atoms with van der Waals surface area (Å²) in [5.41, 5.74) is 1.47. The lowest BCUT2D eigenvalue weighted by atomic mass is 9.95. The van der Waals surface area contributed by atoms with Crippen LogP contribution in [0.5, 0.6) is 5.75 Å². The minimum Gasteiger partial charge on any atom is -0.489 e. The van der Waals surface area contributed by atoms with Gasteiger partial charge in [-0.15, -0.1) is 0 Å². The first-order chi connectivity index (χ1) is 20.2. The van der Waals surface area contributed by atoms with E-state index in [2.05, 4.69) is 15.6 Å². The number of carbonyl (C=O) groups is 1. The average molecular weight is 585 g/mol. The Kier molecular flexibility index (Phi) is 11.1. The van der Waals surface area contributed by atoms with E-state index in [1.165, 1.54) is 32.4 Å². The highest BCUT2D eigenvalue weighted by molar-refractivity contribution is 6.45. The van der Waals surface area contributed by atoms with Gasteiger partial charge in [0.25, 0.3) is 5.91 Å². The highest BCUT2D eigenvalue weighted by Crippen LogP contribution is 2.32. The third-order valence-electron chi connectivity index (χ3n) is 5.99. The maximum Gasteiger partial charge on any atom is 0.416 e. The minimum atomic E-state index is -4.49. The summed E-state index contributed by atoms with van der Waals surface area (Å²) < 4.78 is 45.7. The second-order valence-corrected chi connectivity index (χ2v) is 8.64. The van der Waals surface area contributed by atoms with Gasteiger partial charge in [-0.1, -0.05) is 52.8 Å². The van der Waals surface area contributed by atoms with Gasteiger partial charge >= 0.3 is 6.18 Å². The largest absolute Gasteiger partial charge is 0.489 e. The Morgan fingerprint density at radius 3 is 2.17 bits per heavy atom. The van der Waals surface area contributed by atoms with Crippen molar-refractivity contribution in [3.8, 4) is 5.75 Å². The van der Waals surface area contributed by atoms with Gasteiger partial charge in [0.15, 0.2) is 11.5 Å². The number of benzene rings is 3. The SMILES string of the molecule is CCON=C(C(C)=C(ON)c1ccccc1C(=NOC)C(=O)NC)c1ccc(OCc2ccccc2C(F)(F)F)cc1. The van der Waals surface area contributed by atoms with Crippen LogP contribution >= 0.6 is 0 Å². The highest BCUT2D eigenvalue weighted by Gasteiger charge is 2.33. The first-order valence-corrected chi connectivity index (χ1v) is 12.7. The number of nitrogens with two attached hydrogens (primary N) is 1. The molecule has 222 valence electrons. The third-order valence-corrected chi connectivity index (χ3v) is 5.99. The van der Waals surface area contributed by atoms with E-state index in [9.17, 15) is 18.0 Å². The van der Waals surface area contributed by atoms with Gasteiger partial charge in [-0.25, -0.2) is 0 Å². The summed E-state index contributed by atoms with van der Waals surface area (Å²) in [6, 6.07) is 18.6. The fourth-order valence-corrected chi connectivity index (χ4v) is 4.03. The van der Waals surface area contributed by atoms with Gasteiger partial charge in [0.05, 0.1) is 5.56 Å². The standard InChI is InChI=1S/C30H31F3N4O5/c1-5-41-37-26(19(2)28(42-34)24-12-8-7-11-23(24)27(36-39-4)29(38)35-3)20-14-16-22(17-15-20)40-18-21-10-6-9-13-25(21)30(31,32)33/h6-17H,5,18,34H2,1-4H3,(H,35,38). The molecule has 3 rings (SSSR count). The molecule has 0 aromatic heterocycles. The van der Waals surface area contributed by atoms with Gasteiger partial charge in [0.1, 0.15) is 31.8 Å². The molecule has 42 heavy (non-hydrogen) atoms. The summed E-state index contributed by atoms with van der Waals surface area (Å²) in [5, 5.41) is 10.7. The van der Waals surface area contributed by atoms with E-state index in [4.69, 9.17) is 25.1 Å². The quantitative estimate of drug-likeness (QED) is 0.166. The molecule has 0 aliphatic heterocycles. The van der Waals surface area contributed by atoms with Crippen molar-refractivity contribution in [2.45, 2.75) is 26.6 Å². The van der Waals surface area contributed by atoms with E-state index in [1.54, 1.807) is 62.4 Å². The molecule has 0 saturated heterocycles. The van der Waals surface area contributed by atoms with Gasteiger partial charge in [0, 0.05) is 34.9 Å². The van der Waals surface area contributed by atoms with Crippen LogP contribution in [-0.2, 0) is 32.1 Å². The number of ether oxygens (including phenoxy) is 1. The van der Waals surface area contributed by atoms with Crippen LogP contribution in [0.25, 0.3) is 5.76 Å². The van der Waals surface area contributed by atoms with Gasteiger partial charge < -0.3 is 24.6 Å². The molecule has 0 saturated carbocycles. The molecule has 0 atom stereocenters. The monoisotopic (exact) mass is 584 g/mol. The summed E-state index contributed by atoms with van der Waals surface area (Å²) in [6.45, 7) is 3.48. The molecule has 0 fully saturated rings. The second kappa shape index (κ2) is 14.7. The summed E-state index contributed by atoms with van der Waals surface area (Å²) in [4.78, 5) is 28.1. The maximum atomic E-state index is 13.3. The Bertz CT molecular complexity index is 1470. The molecule has 0 spiro atoms. The van der Waals surface area contributed by atoms with Gasteiger partial charge in [0.2, 0.25) is 0 Å². The number of carbonyl (C=O) groups excluding carboxylic acids is 1. The molecular weight excluding hydrogens is 553 g/mol. The number of hydrogen-bond acceptors (Lipinski definition) is 8. The maximum absolute atomic E-state index is 13.3. The Hall–Kier alpha value is -4.84. The zero-order chi connectivity index (χ0) is 30.7. The zero-order valence-electron chi connectivity index (χ0n) is 23.5. The first kappa shape index (κ1) is 31.7. The lowest BCUT2D eigenvalue weighted by Gasteiger charge is -2.17. The smallest absolute Gasteiger partial charge is 0.416 e. The Labute approximate surface area is 241 Å². The number of rotatable bonds is 12. The second-order valence-electron chi connectivity index (χ2n) is 8.64. The van der Waals surface area contributed by atoms with E-state index in [0.717, 1.165) is 6.07 Å². The van der Waals surface area contributed by atoms with Crippen molar-refractivity contribution < 1.29 is 37.2 Å². The molecule has 1 amide bonds. The average Bonchev–Trinajstić information content (AvgIpc) is 2.99. The number of alkyl halides is 3. The van der Waals surface area contributed by atoms with Crippen LogP contribution in [-0.4, -0.2) is 38.1 Å². The Balaban J connectivity index is 1.99. The van der Waals surface area contributed by atoms with Crippen LogP contribution in [0.4, 0.5) is 13.2 Å². The number of halogens is 3. The van der Waals surface area contributed by atoms with Crippen molar-refractivity contribution in [3.63, 3.8) is 0 Å². The summed E-state index contributed by atoms with van der Waals surface area (Å²) >= 11 is 0. The number of allylic oxidation sites excluding steroid dienone is 1. The normalized spacial score (nSPS) is 12.8. The van der Waals surface area contributed by atoms with Gasteiger partial charge in [-0.2, -0.15) is 19.1 Å². The number of likely N-dealkylation sites (N-methyl/N-ethyl adjacent to an activating group) is 1. The van der Waals surface area contributed by atoms with Crippen LogP contribution in [0.1, 0.15) is 41.7 Å². The lowest BCUT2D eigenvalue weighted by Crippen LogP contribution is -2.29. The Morgan fingerprint density at radius 2 is 1.57 bits per heavy atom. The predicted molar refractivity (Wildman–Crippen MR) is 152 cm³/mol. The molecule has 9 nitrogen and oxygen atoms in total. The minimum absolute atomic E-state index is 0.00477. The van der Waals surface area contributed by atoms with Gasteiger partial charge in [-0.05, 0) is 44.2 Å². The van der Waals surface area contributed by atoms with Crippen LogP contribution in [0.3, 0.4) is 0 Å². The summed E-state index contributed by atoms with van der Waals surface area (Å²) in [5.74, 6) is 5.78. The first-order valence-electron chi connectivity index (χ1n) is 12.7. The highest BCUT2D eigenvalue weighted by atomic mass is 19.4.